The Balaban J connectivity index is 2.28. The van der Waals surface area contributed by atoms with Gasteiger partial charge in [-0.25, -0.2) is 18.5 Å². The van der Waals surface area contributed by atoms with E-state index in [2.05, 4.69) is 22.6 Å². The summed E-state index contributed by atoms with van der Waals surface area (Å²) in [5, 5.41) is 18.7. The molecule has 2 atom stereocenters. The second-order valence-corrected chi connectivity index (χ2v) is 10.2. The Hall–Kier alpha value is -2.76. The third kappa shape index (κ3) is 4.86. The minimum absolute atomic E-state index is 0.00486. The molecule has 0 aliphatic carbocycles. The number of halogens is 2. The van der Waals surface area contributed by atoms with E-state index < -0.39 is 35.2 Å². The lowest BCUT2D eigenvalue weighted by molar-refractivity contribution is -0.140. The van der Waals surface area contributed by atoms with Crippen molar-refractivity contribution >= 4 is 50.1 Å². The third-order valence-corrected chi connectivity index (χ3v) is 7.92. The Morgan fingerprint density at radius 2 is 2.09 bits per heavy atom. The highest BCUT2D eigenvalue weighted by molar-refractivity contribution is 14.1. The molecule has 0 saturated carbocycles. The summed E-state index contributed by atoms with van der Waals surface area (Å²) in [6, 6.07) is 4.42. The molecule has 3 aromatic rings. The number of thiophene rings is 1. The summed E-state index contributed by atoms with van der Waals surface area (Å²) in [4.78, 5) is 38.6. The highest BCUT2D eigenvalue weighted by Gasteiger charge is 2.27. The van der Waals surface area contributed by atoms with Crippen molar-refractivity contribution in [3.8, 4) is 11.8 Å². The normalized spacial score (nSPS) is 12.9. The average molecular weight is 601 g/mol. The van der Waals surface area contributed by atoms with Gasteiger partial charge in [0.25, 0.3) is 5.56 Å². The zero-order valence-corrected chi connectivity index (χ0v) is 21.5. The highest BCUT2D eigenvalue weighted by atomic mass is 127. The lowest BCUT2D eigenvalue weighted by Gasteiger charge is -2.23. The van der Waals surface area contributed by atoms with Gasteiger partial charge >= 0.3 is 11.7 Å². The van der Waals surface area contributed by atoms with Crippen molar-refractivity contribution in [3.05, 3.63) is 58.9 Å². The van der Waals surface area contributed by atoms with Gasteiger partial charge in [0.2, 0.25) is 0 Å². The summed E-state index contributed by atoms with van der Waals surface area (Å²) in [5.74, 6) is -1.56. The molecule has 12 heteroatoms. The molecule has 34 heavy (non-hydrogen) atoms. The van der Waals surface area contributed by atoms with Crippen LogP contribution in [0.4, 0.5) is 4.39 Å². The van der Waals surface area contributed by atoms with E-state index in [-0.39, 0.29) is 25.0 Å². The van der Waals surface area contributed by atoms with Gasteiger partial charge in [-0.05, 0) is 60.2 Å². The predicted octanol–water partition coefficient (Wildman–Crippen LogP) is 3.60. The number of aliphatic carboxylic acids is 1. The summed E-state index contributed by atoms with van der Waals surface area (Å²) in [7, 11) is 1.41. The number of aryl methyl sites for hydroxylation is 1. The lowest BCUT2D eigenvalue weighted by atomic mass is 10.1. The van der Waals surface area contributed by atoms with Crippen molar-refractivity contribution in [1.82, 2.24) is 9.13 Å². The third-order valence-electron chi connectivity index (χ3n) is 5.35. The Bertz CT molecular complexity index is 1410. The van der Waals surface area contributed by atoms with Crippen LogP contribution in [0.2, 0.25) is 0 Å². The molecule has 1 N–H and O–H groups in total. The maximum absolute atomic E-state index is 14.1. The Kier molecular flexibility index (Phi) is 8.11. The summed E-state index contributed by atoms with van der Waals surface area (Å²) in [5.41, 5.74) is -0.564. The van der Waals surface area contributed by atoms with E-state index in [1.165, 1.54) is 48.1 Å². The molecule has 0 aliphatic heterocycles. The molecule has 0 fully saturated rings. The quantitative estimate of drug-likeness (QED) is 0.294. The maximum atomic E-state index is 14.1. The van der Waals surface area contributed by atoms with Crippen LogP contribution in [0.1, 0.15) is 36.6 Å². The SMILES string of the molecule is COc1ccc(F)cc1[C@H](Cn1c(=O)n(C(C)C(=O)O)c(=O)c2c(C)c(I)sc21)OCCC#N. The Morgan fingerprint density at radius 1 is 1.38 bits per heavy atom. The van der Waals surface area contributed by atoms with Gasteiger partial charge in [0, 0.05) is 5.56 Å². The minimum Gasteiger partial charge on any atom is -0.496 e. The van der Waals surface area contributed by atoms with E-state index in [0.717, 1.165) is 2.88 Å². The number of ether oxygens (including phenoxy) is 2. The van der Waals surface area contributed by atoms with Crippen LogP contribution in [-0.4, -0.2) is 33.9 Å². The fraction of sp³-hybridized carbons (Fsp3) is 0.364. The molecule has 2 aromatic heterocycles. The Morgan fingerprint density at radius 3 is 2.71 bits per heavy atom. The molecule has 0 bridgehead atoms. The Labute approximate surface area is 211 Å². The van der Waals surface area contributed by atoms with Gasteiger partial charge in [0.15, 0.2) is 0 Å². The molecule has 9 nitrogen and oxygen atoms in total. The van der Waals surface area contributed by atoms with Crippen LogP contribution in [0, 0.1) is 27.0 Å². The summed E-state index contributed by atoms with van der Waals surface area (Å²) in [6.07, 6.45) is -0.865. The van der Waals surface area contributed by atoms with Gasteiger partial charge in [-0.2, -0.15) is 5.26 Å². The number of carboxylic acids is 1. The molecule has 180 valence electrons. The number of methoxy groups -OCH3 is 1. The number of fused-ring (bicyclic) bond motifs is 1. The van der Waals surface area contributed by atoms with Crippen LogP contribution >= 0.6 is 33.9 Å². The first-order valence-corrected chi connectivity index (χ1v) is 12.0. The second-order valence-electron chi connectivity index (χ2n) is 7.42. The number of nitrogens with zero attached hydrogens (tertiary/aromatic N) is 3. The molecule has 0 spiro atoms. The largest absolute Gasteiger partial charge is 0.496 e. The fourth-order valence-electron chi connectivity index (χ4n) is 3.56. The lowest BCUT2D eigenvalue weighted by Crippen LogP contribution is -2.44. The standard InChI is InChI=1S/C22H21FIN3O6S/c1-11-17-19(28)27(12(2)21(29)30)22(31)26(20(17)34-18(11)24)10-16(33-8-4-7-25)14-9-13(23)5-6-15(14)32-3/h5-6,9,12,16H,4,8,10H2,1-3H3,(H,29,30)/t12?,16-/m0/s1. The summed E-state index contributed by atoms with van der Waals surface area (Å²) < 4.78 is 28.1. The van der Waals surface area contributed by atoms with E-state index in [1.807, 2.05) is 6.07 Å². The maximum Gasteiger partial charge on any atom is 0.333 e. The van der Waals surface area contributed by atoms with Gasteiger partial charge in [-0.15, -0.1) is 11.3 Å². The molecular weight excluding hydrogens is 580 g/mol. The van der Waals surface area contributed by atoms with Crippen molar-refractivity contribution in [2.45, 2.75) is 39.0 Å². The van der Waals surface area contributed by atoms with Crippen LogP contribution < -0.4 is 16.0 Å². The molecule has 1 aromatic carbocycles. The second kappa shape index (κ2) is 10.7. The smallest absolute Gasteiger partial charge is 0.333 e. The number of hydrogen-bond donors (Lipinski definition) is 1. The average Bonchev–Trinajstić information content (AvgIpc) is 3.09. The van der Waals surface area contributed by atoms with Crippen molar-refractivity contribution in [2.75, 3.05) is 13.7 Å². The van der Waals surface area contributed by atoms with Crippen LogP contribution in [0.25, 0.3) is 10.2 Å². The molecule has 0 radical (unpaired) electrons. The molecular formula is C22H21FIN3O6S. The number of aromatic nitrogens is 2. The first-order chi connectivity index (χ1) is 16.1. The first kappa shape index (κ1) is 25.9. The number of benzene rings is 1. The highest BCUT2D eigenvalue weighted by Crippen LogP contribution is 2.33. The van der Waals surface area contributed by atoms with E-state index in [1.54, 1.807) is 6.92 Å². The monoisotopic (exact) mass is 601 g/mol. The number of carbonyl (C=O) groups is 1. The molecule has 0 saturated heterocycles. The topological polar surface area (TPSA) is 124 Å². The zero-order chi connectivity index (χ0) is 25.2. The van der Waals surface area contributed by atoms with E-state index in [4.69, 9.17) is 14.7 Å². The van der Waals surface area contributed by atoms with Crippen molar-refractivity contribution in [1.29, 1.82) is 5.26 Å². The van der Waals surface area contributed by atoms with Gasteiger partial charge in [0.1, 0.15) is 28.5 Å². The van der Waals surface area contributed by atoms with Crippen LogP contribution in [0.5, 0.6) is 5.75 Å². The van der Waals surface area contributed by atoms with Gasteiger partial charge in [-0.1, -0.05) is 0 Å². The zero-order valence-electron chi connectivity index (χ0n) is 18.5. The molecule has 0 aliphatic rings. The van der Waals surface area contributed by atoms with Crippen molar-refractivity contribution in [2.24, 2.45) is 0 Å². The minimum atomic E-state index is -1.41. The molecule has 3 rings (SSSR count). The van der Waals surface area contributed by atoms with Gasteiger partial charge < -0.3 is 14.6 Å². The molecule has 0 amide bonds. The van der Waals surface area contributed by atoms with Crippen LogP contribution in [-0.2, 0) is 16.1 Å². The van der Waals surface area contributed by atoms with E-state index in [0.29, 0.717) is 26.3 Å². The number of carboxylic acid groups (broad SMARTS) is 1. The van der Waals surface area contributed by atoms with E-state index >= 15 is 0 Å². The number of hydrogen-bond acceptors (Lipinski definition) is 7. The predicted molar refractivity (Wildman–Crippen MR) is 132 cm³/mol. The molecule has 1 unspecified atom stereocenters. The van der Waals surface area contributed by atoms with E-state index in [9.17, 15) is 23.9 Å². The first-order valence-electron chi connectivity index (χ1n) is 10.1. The summed E-state index contributed by atoms with van der Waals surface area (Å²) in [6.45, 7) is 2.82. The fourth-order valence-corrected chi connectivity index (χ4v) is 5.49. The number of rotatable bonds is 9. The summed E-state index contributed by atoms with van der Waals surface area (Å²) >= 11 is 3.27. The molecule has 2 heterocycles. The van der Waals surface area contributed by atoms with Gasteiger partial charge in [0.05, 0.1) is 41.0 Å². The van der Waals surface area contributed by atoms with Gasteiger partial charge in [-0.3, -0.25) is 9.36 Å². The van der Waals surface area contributed by atoms with Crippen LogP contribution in [0.3, 0.4) is 0 Å². The number of nitriles is 1. The van der Waals surface area contributed by atoms with Crippen molar-refractivity contribution in [3.63, 3.8) is 0 Å². The van der Waals surface area contributed by atoms with Crippen molar-refractivity contribution < 1.29 is 23.8 Å². The van der Waals surface area contributed by atoms with Crippen LogP contribution in [0.15, 0.2) is 27.8 Å².